The number of amides is 2. The molecular weight excluding hydrogens is 299 g/mol. The Hall–Kier alpha value is -1.95. The summed E-state index contributed by atoms with van der Waals surface area (Å²) in [5, 5.41) is 2.71. The van der Waals surface area contributed by atoms with Gasteiger partial charge in [0.1, 0.15) is 5.82 Å². The molecule has 2 amide bonds. The lowest BCUT2D eigenvalue weighted by Gasteiger charge is -2.31. The first-order valence-corrected chi connectivity index (χ1v) is 7.99. The summed E-state index contributed by atoms with van der Waals surface area (Å²) in [6, 6.07) is 4.77. The van der Waals surface area contributed by atoms with Gasteiger partial charge in [-0.05, 0) is 37.5 Å². The van der Waals surface area contributed by atoms with Crippen LogP contribution >= 0.6 is 0 Å². The highest BCUT2D eigenvalue weighted by Gasteiger charge is 2.38. The van der Waals surface area contributed by atoms with Crippen molar-refractivity contribution in [2.24, 2.45) is 5.92 Å². The molecule has 0 aliphatic carbocycles. The number of hydrogen-bond donors (Lipinski definition) is 1. The van der Waals surface area contributed by atoms with Crippen LogP contribution in [-0.4, -0.2) is 42.5 Å². The van der Waals surface area contributed by atoms with Gasteiger partial charge in [-0.2, -0.15) is 0 Å². The van der Waals surface area contributed by atoms with Crippen LogP contribution < -0.4 is 5.32 Å². The van der Waals surface area contributed by atoms with E-state index in [0.717, 1.165) is 12.8 Å². The molecule has 2 heterocycles. The quantitative estimate of drug-likeness (QED) is 0.928. The Morgan fingerprint density at radius 2 is 2.09 bits per heavy atom. The monoisotopic (exact) mass is 320 g/mol. The van der Waals surface area contributed by atoms with Crippen LogP contribution in [0.5, 0.6) is 0 Å². The van der Waals surface area contributed by atoms with Gasteiger partial charge in [0, 0.05) is 37.9 Å². The normalized spacial score (nSPS) is 22.4. The molecule has 3 rings (SSSR count). The minimum atomic E-state index is -0.380. The van der Waals surface area contributed by atoms with Gasteiger partial charge in [0.2, 0.25) is 11.8 Å². The fraction of sp³-hybridized carbons (Fsp3) is 0.529. The molecule has 1 unspecified atom stereocenters. The minimum absolute atomic E-state index is 0.0205. The predicted octanol–water partition coefficient (Wildman–Crippen LogP) is 2.10. The standard InChI is InChI=1S/C17H21FN2O3/c1-11-2-3-13(9-15(11)18)19-17(22)12-8-16(21)20(10-12)14-4-6-23-7-5-14/h2-3,9,12,14H,4-8,10H2,1H3,(H,19,22). The number of halogens is 1. The lowest BCUT2D eigenvalue weighted by molar-refractivity contribution is -0.131. The predicted molar refractivity (Wildman–Crippen MR) is 83.4 cm³/mol. The van der Waals surface area contributed by atoms with Crippen LogP contribution in [0.1, 0.15) is 24.8 Å². The Balaban J connectivity index is 1.61. The van der Waals surface area contributed by atoms with Crippen LogP contribution in [0, 0.1) is 18.7 Å². The highest BCUT2D eigenvalue weighted by atomic mass is 19.1. The number of nitrogens with one attached hydrogen (secondary N) is 1. The van der Waals surface area contributed by atoms with Gasteiger partial charge in [0.25, 0.3) is 0 Å². The maximum absolute atomic E-state index is 13.5. The van der Waals surface area contributed by atoms with Crippen LogP contribution in [0.25, 0.3) is 0 Å². The molecule has 0 aromatic heterocycles. The second-order valence-electron chi connectivity index (χ2n) is 6.24. The van der Waals surface area contributed by atoms with Crippen molar-refractivity contribution >= 4 is 17.5 Å². The number of carbonyl (C=O) groups is 2. The third kappa shape index (κ3) is 3.52. The highest BCUT2D eigenvalue weighted by Crippen LogP contribution is 2.26. The lowest BCUT2D eigenvalue weighted by atomic mass is 10.1. The van der Waals surface area contributed by atoms with E-state index in [1.807, 2.05) is 4.90 Å². The summed E-state index contributed by atoms with van der Waals surface area (Å²) in [7, 11) is 0. The molecule has 0 saturated carbocycles. The molecule has 5 nitrogen and oxygen atoms in total. The molecule has 2 aliphatic heterocycles. The molecule has 6 heteroatoms. The van der Waals surface area contributed by atoms with E-state index in [4.69, 9.17) is 4.74 Å². The first-order valence-electron chi connectivity index (χ1n) is 7.99. The number of anilines is 1. The van der Waals surface area contributed by atoms with Gasteiger partial charge in [0.15, 0.2) is 0 Å². The fourth-order valence-corrected chi connectivity index (χ4v) is 3.17. The summed E-state index contributed by atoms with van der Waals surface area (Å²) < 4.78 is 18.9. The van der Waals surface area contributed by atoms with Crippen molar-refractivity contribution in [2.45, 2.75) is 32.2 Å². The maximum atomic E-state index is 13.5. The van der Waals surface area contributed by atoms with Crippen molar-refractivity contribution in [1.29, 1.82) is 0 Å². The van der Waals surface area contributed by atoms with Crippen LogP contribution in [-0.2, 0) is 14.3 Å². The molecule has 2 fully saturated rings. The summed E-state index contributed by atoms with van der Waals surface area (Å²) in [5.41, 5.74) is 0.958. The Kier molecular flexibility index (Phi) is 4.61. The number of nitrogens with zero attached hydrogens (tertiary/aromatic N) is 1. The second kappa shape index (κ2) is 6.66. The summed E-state index contributed by atoms with van der Waals surface area (Å²) in [6.45, 7) is 3.42. The van der Waals surface area contributed by atoms with Gasteiger partial charge in [-0.25, -0.2) is 4.39 Å². The number of carbonyl (C=O) groups excluding carboxylic acids is 2. The molecule has 1 aromatic carbocycles. The molecule has 1 aromatic rings. The third-order valence-corrected chi connectivity index (χ3v) is 4.60. The molecule has 1 atom stereocenters. The second-order valence-corrected chi connectivity index (χ2v) is 6.24. The number of rotatable bonds is 3. The average molecular weight is 320 g/mol. The van der Waals surface area contributed by atoms with Crippen LogP contribution in [0.2, 0.25) is 0 Å². The molecule has 2 aliphatic rings. The van der Waals surface area contributed by atoms with E-state index in [-0.39, 0.29) is 36.0 Å². The molecule has 0 radical (unpaired) electrons. The van der Waals surface area contributed by atoms with E-state index in [9.17, 15) is 14.0 Å². The molecular formula is C17H21FN2O3. The Morgan fingerprint density at radius 1 is 1.35 bits per heavy atom. The molecule has 2 saturated heterocycles. The maximum Gasteiger partial charge on any atom is 0.229 e. The van der Waals surface area contributed by atoms with E-state index in [0.29, 0.717) is 31.0 Å². The highest BCUT2D eigenvalue weighted by molar-refractivity contribution is 5.97. The van der Waals surface area contributed by atoms with Crippen LogP contribution in [0.4, 0.5) is 10.1 Å². The summed E-state index contributed by atoms with van der Waals surface area (Å²) in [4.78, 5) is 26.3. The Labute approximate surface area is 134 Å². The largest absolute Gasteiger partial charge is 0.381 e. The smallest absolute Gasteiger partial charge is 0.229 e. The average Bonchev–Trinajstić information content (AvgIpc) is 2.94. The summed E-state index contributed by atoms with van der Waals surface area (Å²) >= 11 is 0. The number of aryl methyl sites for hydroxylation is 1. The van der Waals surface area contributed by atoms with Gasteiger partial charge in [-0.3, -0.25) is 9.59 Å². The zero-order valence-corrected chi connectivity index (χ0v) is 13.2. The topological polar surface area (TPSA) is 58.6 Å². The molecule has 23 heavy (non-hydrogen) atoms. The molecule has 0 spiro atoms. The van der Waals surface area contributed by atoms with Crippen molar-refractivity contribution in [2.75, 3.05) is 25.1 Å². The van der Waals surface area contributed by atoms with Crippen molar-refractivity contribution < 1.29 is 18.7 Å². The van der Waals surface area contributed by atoms with Gasteiger partial charge in [0.05, 0.1) is 5.92 Å². The number of likely N-dealkylation sites (tertiary alicyclic amines) is 1. The van der Waals surface area contributed by atoms with E-state index in [2.05, 4.69) is 5.32 Å². The van der Waals surface area contributed by atoms with Crippen molar-refractivity contribution in [3.05, 3.63) is 29.6 Å². The van der Waals surface area contributed by atoms with Gasteiger partial charge in [-0.15, -0.1) is 0 Å². The van der Waals surface area contributed by atoms with E-state index < -0.39 is 0 Å². The Morgan fingerprint density at radius 3 is 2.78 bits per heavy atom. The first-order chi connectivity index (χ1) is 11.0. The van der Waals surface area contributed by atoms with Crippen LogP contribution in [0.15, 0.2) is 18.2 Å². The van der Waals surface area contributed by atoms with Gasteiger partial charge in [-0.1, -0.05) is 6.07 Å². The number of ether oxygens (including phenoxy) is 1. The molecule has 0 bridgehead atoms. The zero-order chi connectivity index (χ0) is 16.4. The van der Waals surface area contributed by atoms with Crippen LogP contribution in [0.3, 0.4) is 0 Å². The number of benzene rings is 1. The van der Waals surface area contributed by atoms with Gasteiger partial charge >= 0.3 is 0 Å². The lowest BCUT2D eigenvalue weighted by Crippen LogP contribution is -2.41. The number of hydrogen-bond acceptors (Lipinski definition) is 3. The van der Waals surface area contributed by atoms with E-state index >= 15 is 0 Å². The summed E-state index contributed by atoms with van der Waals surface area (Å²) in [5.74, 6) is -0.938. The third-order valence-electron chi connectivity index (χ3n) is 4.60. The van der Waals surface area contributed by atoms with Crippen molar-refractivity contribution in [3.63, 3.8) is 0 Å². The van der Waals surface area contributed by atoms with E-state index in [1.54, 1.807) is 19.1 Å². The SMILES string of the molecule is Cc1ccc(NC(=O)C2CC(=O)N(C3CCOCC3)C2)cc1F. The fourth-order valence-electron chi connectivity index (χ4n) is 3.17. The molecule has 1 N–H and O–H groups in total. The van der Waals surface area contributed by atoms with Crippen molar-refractivity contribution in [3.8, 4) is 0 Å². The van der Waals surface area contributed by atoms with Crippen molar-refractivity contribution in [1.82, 2.24) is 4.90 Å². The van der Waals surface area contributed by atoms with Gasteiger partial charge < -0.3 is 15.0 Å². The molecule has 124 valence electrons. The summed E-state index contributed by atoms with van der Waals surface area (Å²) in [6.07, 6.45) is 1.87. The zero-order valence-electron chi connectivity index (χ0n) is 13.2. The van der Waals surface area contributed by atoms with E-state index in [1.165, 1.54) is 6.07 Å². The Bertz CT molecular complexity index is 614. The first kappa shape index (κ1) is 15.9. The minimum Gasteiger partial charge on any atom is -0.381 e.